The molecule has 1 saturated heterocycles. The molecule has 0 aromatic heterocycles. The van der Waals surface area contributed by atoms with Crippen molar-refractivity contribution in [3.05, 3.63) is 56.0 Å². The molecule has 1 amide bonds. The molecule has 0 unspecified atom stereocenters. The van der Waals surface area contributed by atoms with E-state index in [1.807, 2.05) is 26.0 Å². The Morgan fingerprint density at radius 1 is 1.27 bits per heavy atom. The maximum Gasteiger partial charge on any atom is 0.244 e. The van der Waals surface area contributed by atoms with Gasteiger partial charge in [-0.1, -0.05) is 46.1 Å². The quantitative estimate of drug-likeness (QED) is 0.538. The molecule has 0 aliphatic carbocycles. The zero-order chi connectivity index (χ0) is 22.1. The average Bonchev–Trinajstić information content (AvgIpc) is 2.71. The Morgan fingerprint density at radius 3 is 2.70 bits per heavy atom. The molecule has 5 nitrogen and oxygen atoms in total. The van der Waals surface area contributed by atoms with Crippen LogP contribution in [-0.4, -0.2) is 31.7 Å². The molecule has 0 bridgehead atoms. The smallest absolute Gasteiger partial charge is 0.244 e. The summed E-state index contributed by atoms with van der Waals surface area (Å²) in [5, 5.41) is 3.44. The Labute approximate surface area is 195 Å². The van der Waals surface area contributed by atoms with Crippen molar-refractivity contribution in [3.8, 4) is 0 Å². The van der Waals surface area contributed by atoms with Gasteiger partial charge >= 0.3 is 0 Å². The highest BCUT2D eigenvalue weighted by molar-refractivity contribution is 9.10. The average molecular weight is 534 g/mol. The lowest BCUT2D eigenvalue weighted by Gasteiger charge is -2.31. The summed E-state index contributed by atoms with van der Waals surface area (Å²) in [7, 11) is -3.85. The summed E-state index contributed by atoms with van der Waals surface area (Å²) in [4.78, 5) is 13.0. The monoisotopic (exact) mass is 532 g/mol. The summed E-state index contributed by atoms with van der Waals surface area (Å²) >= 11 is 15.6. The molecule has 0 spiro atoms. The molecular formula is C21H23BrCl2N2O3S. The predicted molar refractivity (Wildman–Crippen MR) is 125 cm³/mol. The van der Waals surface area contributed by atoms with Crippen molar-refractivity contribution in [3.63, 3.8) is 0 Å². The van der Waals surface area contributed by atoms with E-state index in [4.69, 9.17) is 23.2 Å². The summed E-state index contributed by atoms with van der Waals surface area (Å²) < 4.78 is 28.5. The van der Waals surface area contributed by atoms with Gasteiger partial charge in [0, 0.05) is 28.3 Å². The SMILES string of the molecule is CCc1cc(Br)cc(C)c1NC(=O)[C@@H]1CCCN(S(=O)(=O)c2cc(Cl)ccc2Cl)C1. The van der Waals surface area contributed by atoms with E-state index in [2.05, 4.69) is 21.2 Å². The number of nitrogens with zero attached hydrogens (tertiary/aromatic N) is 1. The zero-order valence-electron chi connectivity index (χ0n) is 16.7. The fraction of sp³-hybridized carbons (Fsp3) is 0.381. The van der Waals surface area contributed by atoms with Gasteiger partial charge in [0.1, 0.15) is 4.90 Å². The summed E-state index contributed by atoms with van der Waals surface area (Å²) in [6, 6.07) is 8.30. The van der Waals surface area contributed by atoms with Gasteiger partial charge in [-0.15, -0.1) is 0 Å². The van der Waals surface area contributed by atoms with Crippen LogP contribution in [0.15, 0.2) is 39.7 Å². The molecule has 0 radical (unpaired) electrons. The van der Waals surface area contributed by atoms with Crippen molar-refractivity contribution in [1.29, 1.82) is 0 Å². The number of amides is 1. The first-order valence-corrected chi connectivity index (χ1v) is 12.7. The highest BCUT2D eigenvalue weighted by Gasteiger charge is 2.34. The first-order chi connectivity index (χ1) is 14.1. The summed E-state index contributed by atoms with van der Waals surface area (Å²) in [5.74, 6) is -0.619. The first-order valence-electron chi connectivity index (χ1n) is 9.68. The van der Waals surface area contributed by atoms with Gasteiger partial charge in [0.05, 0.1) is 10.9 Å². The molecule has 1 aliphatic rings. The Morgan fingerprint density at radius 2 is 2.00 bits per heavy atom. The van der Waals surface area contributed by atoms with Crippen LogP contribution < -0.4 is 5.32 Å². The number of piperidine rings is 1. The summed E-state index contributed by atoms with van der Waals surface area (Å²) in [6.45, 7) is 4.42. The Hall–Kier alpha value is -1.12. The number of carbonyl (C=O) groups is 1. The molecule has 3 rings (SSSR count). The fourth-order valence-electron chi connectivity index (χ4n) is 3.68. The van der Waals surface area contributed by atoms with Crippen LogP contribution >= 0.6 is 39.1 Å². The van der Waals surface area contributed by atoms with Crippen LogP contribution in [-0.2, 0) is 21.2 Å². The lowest BCUT2D eigenvalue weighted by molar-refractivity contribution is -0.120. The van der Waals surface area contributed by atoms with Crippen LogP contribution in [0.1, 0.15) is 30.9 Å². The number of carbonyl (C=O) groups excluding carboxylic acids is 1. The largest absolute Gasteiger partial charge is 0.325 e. The first kappa shape index (κ1) is 23.5. The minimum Gasteiger partial charge on any atom is -0.325 e. The lowest BCUT2D eigenvalue weighted by atomic mass is 9.98. The van der Waals surface area contributed by atoms with Crippen molar-refractivity contribution < 1.29 is 13.2 Å². The number of anilines is 1. The van der Waals surface area contributed by atoms with Gasteiger partial charge in [-0.3, -0.25) is 4.79 Å². The molecule has 162 valence electrons. The standard InChI is InChI=1S/C21H23BrCl2N2O3S/c1-3-14-10-16(22)9-13(2)20(14)25-21(27)15-5-4-8-26(12-15)30(28,29)19-11-17(23)6-7-18(19)24/h6-7,9-11,15H,3-5,8,12H2,1-2H3,(H,25,27)/t15-/m1/s1. The maximum atomic E-state index is 13.1. The van der Waals surface area contributed by atoms with Gasteiger partial charge in [0.25, 0.3) is 0 Å². The van der Waals surface area contributed by atoms with Crippen molar-refractivity contribution in [1.82, 2.24) is 4.31 Å². The molecule has 9 heteroatoms. The second-order valence-corrected chi connectivity index (χ2v) is 11.0. The van der Waals surface area contributed by atoms with Crippen LogP contribution in [0.5, 0.6) is 0 Å². The Bertz CT molecular complexity index is 1080. The van der Waals surface area contributed by atoms with Gasteiger partial charge in [-0.25, -0.2) is 8.42 Å². The molecule has 1 aliphatic heterocycles. The zero-order valence-corrected chi connectivity index (χ0v) is 20.6. The number of nitrogens with one attached hydrogen (secondary N) is 1. The number of benzene rings is 2. The Kier molecular flexibility index (Phi) is 7.51. The predicted octanol–water partition coefficient (Wildman–Crippen LogP) is 5.67. The van der Waals surface area contributed by atoms with E-state index >= 15 is 0 Å². The molecule has 1 N–H and O–H groups in total. The van der Waals surface area contributed by atoms with Gasteiger partial charge in [0.2, 0.25) is 15.9 Å². The van der Waals surface area contributed by atoms with Crippen molar-refractivity contribution >= 4 is 60.7 Å². The third kappa shape index (κ3) is 5.02. The second kappa shape index (κ2) is 9.57. The van der Waals surface area contributed by atoms with E-state index in [1.165, 1.54) is 16.4 Å². The molecule has 2 aromatic carbocycles. The van der Waals surface area contributed by atoms with Gasteiger partial charge in [-0.05, 0) is 67.6 Å². The van der Waals surface area contributed by atoms with Crippen LogP contribution in [0.25, 0.3) is 0 Å². The molecule has 1 heterocycles. The van der Waals surface area contributed by atoms with Gasteiger partial charge in [-0.2, -0.15) is 4.31 Å². The maximum absolute atomic E-state index is 13.1. The third-order valence-electron chi connectivity index (χ3n) is 5.28. The van der Waals surface area contributed by atoms with Gasteiger partial charge < -0.3 is 5.32 Å². The number of hydrogen-bond acceptors (Lipinski definition) is 3. The van der Waals surface area contributed by atoms with Gasteiger partial charge in [0.15, 0.2) is 0 Å². The van der Waals surface area contributed by atoms with E-state index in [0.29, 0.717) is 24.4 Å². The molecule has 30 heavy (non-hydrogen) atoms. The topological polar surface area (TPSA) is 66.5 Å². The van der Waals surface area contributed by atoms with Crippen molar-refractivity contribution in [2.45, 2.75) is 38.0 Å². The minimum absolute atomic E-state index is 0.0326. The fourth-order valence-corrected chi connectivity index (χ4v) is 6.56. The normalized spacial score (nSPS) is 17.7. The lowest BCUT2D eigenvalue weighted by Crippen LogP contribution is -2.43. The van der Waals surface area contributed by atoms with Crippen LogP contribution in [0.2, 0.25) is 10.0 Å². The number of halogens is 3. The molecule has 2 aromatic rings. The molecule has 1 atom stereocenters. The molecule has 1 fully saturated rings. The number of aryl methyl sites for hydroxylation is 2. The second-order valence-electron chi connectivity index (χ2n) is 7.38. The number of sulfonamides is 1. The van der Waals surface area contributed by atoms with Crippen molar-refractivity contribution in [2.24, 2.45) is 5.92 Å². The Balaban J connectivity index is 1.81. The van der Waals surface area contributed by atoms with E-state index in [-0.39, 0.29) is 22.4 Å². The van der Waals surface area contributed by atoms with E-state index < -0.39 is 15.9 Å². The van der Waals surface area contributed by atoms with E-state index in [9.17, 15) is 13.2 Å². The highest BCUT2D eigenvalue weighted by Crippen LogP contribution is 2.32. The molecular weight excluding hydrogens is 511 g/mol. The molecule has 0 saturated carbocycles. The minimum atomic E-state index is -3.85. The van der Waals surface area contributed by atoms with E-state index in [1.54, 1.807) is 6.07 Å². The van der Waals surface area contributed by atoms with Crippen LogP contribution in [0.3, 0.4) is 0 Å². The number of hydrogen-bond donors (Lipinski definition) is 1. The highest BCUT2D eigenvalue weighted by atomic mass is 79.9. The third-order valence-corrected chi connectivity index (χ3v) is 8.32. The summed E-state index contributed by atoms with van der Waals surface area (Å²) in [6.07, 6.45) is 1.99. The van der Waals surface area contributed by atoms with Crippen LogP contribution in [0, 0.1) is 12.8 Å². The summed E-state index contributed by atoms with van der Waals surface area (Å²) in [5.41, 5.74) is 2.78. The van der Waals surface area contributed by atoms with Crippen LogP contribution in [0.4, 0.5) is 5.69 Å². The number of rotatable bonds is 5. The van der Waals surface area contributed by atoms with Crippen molar-refractivity contribution in [2.75, 3.05) is 18.4 Å². The van der Waals surface area contributed by atoms with E-state index in [0.717, 1.165) is 27.7 Å².